The second kappa shape index (κ2) is 12.3. The lowest BCUT2D eigenvalue weighted by atomic mass is 10.0. The Hall–Kier alpha value is -4.78. The highest BCUT2D eigenvalue weighted by molar-refractivity contribution is 5.98. The van der Waals surface area contributed by atoms with Gasteiger partial charge in [0.1, 0.15) is 6.04 Å². The zero-order valence-electron chi connectivity index (χ0n) is 20.1. The highest BCUT2D eigenvalue weighted by atomic mass is 16.4. The molecule has 4 rings (SSSR count). The lowest BCUT2D eigenvalue weighted by Crippen LogP contribution is -2.46. The van der Waals surface area contributed by atoms with Gasteiger partial charge in [-0.2, -0.15) is 0 Å². The summed E-state index contributed by atoms with van der Waals surface area (Å²) in [6.45, 7) is 0.227. The normalized spacial score (nSPS) is 11.4. The predicted octanol–water partition coefficient (Wildman–Crippen LogP) is 4.70. The summed E-state index contributed by atoms with van der Waals surface area (Å²) in [4.78, 5) is 41.3. The fourth-order valence-electron chi connectivity index (χ4n) is 3.91. The highest BCUT2D eigenvalue weighted by Gasteiger charge is 2.22. The van der Waals surface area contributed by atoms with Crippen molar-refractivity contribution < 1.29 is 19.5 Å². The molecule has 0 saturated carbocycles. The quantitative estimate of drug-likeness (QED) is 0.297. The van der Waals surface area contributed by atoms with Crippen LogP contribution in [0.4, 0.5) is 0 Å². The second-order valence-electron chi connectivity index (χ2n) is 8.53. The van der Waals surface area contributed by atoms with Gasteiger partial charge >= 0.3 is 5.97 Å². The number of carbonyl (C=O) groups is 3. The van der Waals surface area contributed by atoms with Crippen LogP contribution >= 0.6 is 0 Å². The first-order valence-electron chi connectivity index (χ1n) is 12.0. The van der Waals surface area contributed by atoms with Crippen molar-refractivity contribution in [1.82, 2.24) is 15.6 Å². The Kier molecular flexibility index (Phi) is 8.39. The van der Waals surface area contributed by atoms with Crippen LogP contribution in [-0.4, -0.2) is 33.9 Å². The van der Waals surface area contributed by atoms with Crippen molar-refractivity contribution in [2.45, 2.75) is 25.4 Å². The van der Waals surface area contributed by atoms with Gasteiger partial charge in [0.2, 0.25) is 5.91 Å². The molecule has 0 aliphatic heterocycles. The van der Waals surface area contributed by atoms with E-state index in [2.05, 4.69) is 15.6 Å². The van der Waals surface area contributed by atoms with Crippen LogP contribution in [0, 0.1) is 0 Å². The van der Waals surface area contributed by atoms with Crippen LogP contribution in [0.1, 0.15) is 28.8 Å². The largest absolute Gasteiger partial charge is 0.481 e. The van der Waals surface area contributed by atoms with Crippen molar-refractivity contribution in [1.29, 1.82) is 0 Å². The zero-order chi connectivity index (χ0) is 26.0. The van der Waals surface area contributed by atoms with E-state index in [0.29, 0.717) is 5.56 Å². The van der Waals surface area contributed by atoms with Crippen LogP contribution in [-0.2, 0) is 16.1 Å². The number of hydrogen-bond donors (Lipinski definition) is 3. The smallest absolute Gasteiger partial charge is 0.303 e. The van der Waals surface area contributed by atoms with Gasteiger partial charge < -0.3 is 15.7 Å². The molecule has 0 spiro atoms. The number of carboxylic acids is 1. The number of carboxylic acid groups (broad SMARTS) is 1. The molecular weight excluding hydrogens is 466 g/mol. The standard InChI is InChI=1S/C30H27N3O4/c34-28(35)17-16-27(33-29(36)24-14-12-23(13-15-24)22-8-2-1-3-9-22)30(37)32-20-21-7-6-10-25(19-21)26-11-4-5-18-31-26/h1-15,18-19,27H,16-17,20H2,(H,32,37)(H,33,36)(H,34,35)/t27-/m0/s1. The van der Waals surface area contributed by atoms with Crippen LogP contribution in [0.25, 0.3) is 22.4 Å². The molecule has 0 unspecified atom stereocenters. The number of nitrogens with one attached hydrogen (secondary N) is 2. The third-order valence-electron chi connectivity index (χ3n) is 5.88. The number of pyridine rings is 1. The summed E-state index contributed by atoms with van der Waals surface area (Å²) in [7, 11) is 0. The summed E-state index contributed by atoms with van der Waals surface area (Å²) in [5.41, 5.74) is 4.97. The van der Waals surface area contributed by atoms with Crippen molar-refractivity contribution in [3.63, 3.8) is 0 Å². The second-order valence-corrected chi connectivity index (χ2v) is 8.53. The third-order valence-corrected chi connectivity index (χ3v) is 5.88. The van der Waals surface area contributed by atoms with Crippen molar-refractivity contribution in [2.75, 3.05) is 0 Å². The van der Waals surface area contributed by atoms with Crippen LogP contribution in [0.15, 0.2) is 103 Å². The Morgan fingerprint density at radius 3 is 2.19 bits per heavy atom. The number of nitrogens with zero attached hydrogens (tertiary/aromatic N) is 1. The molecule has 1 aromatic heterocycles. The molecule has 7 nitrogen and oxygen atoms in total. The monoisotopic (exact) mass is 493 g/mol. The predicted molar refractivity (Wildman–Crippen MR) is 142 cm³/mol. The number of amides is 2. The van der Waals surface area contributed by atoms with E-state index >= 15 is 0 Å². The fraction of sp³-hybridized carbons (Fsp3) is 0.133. The SMILES string of the molecule is O=C(O)CC[C@H](NC(=O)c1ccc(-c2ccccc2)cc1)C(=O)NCc1cccc(-c2ccccn2)c1. The van der Waals surface area contributed by atoms with Crippen molar-refractivity contribution in [3.8, 4) is 22.4 Å². The molecule has 0 radical (unpaired) electrons. The van der Waals surface area contributed by atoms with Gasteiger partial charge in [0, 0.05) is 30.3 Å². The maximum atomic E-state index is 13.0. The lowest BCUT2D eigenvalue weighted by Gasteiger charge is -2.18. The van der Waals surface area contributed by atoms with Gasteiger partial charge in [-0.05, 0) is 53.4 Å². The van der Waals surface area contributed by atoms with Crippen molar-refractivity contribution in [3.05, 3.63) is 114 Å². The number of carbonyl (C=O) groups excluding carboxylic acids is 2. The van der Waals surface area contributed by atoms with E-state index < -0.39 is 23.8 Å². The third kappa shape index (κ3) is 7.11. The van der Waals surface area contributed by atoms with E-state index in [4.69, 9.17) is 5.11 Å². The van der Waals surface area contributed by atoms with Crippen molar-refractivity contribution >= 4 is 17.8 Å². The van der Waals surface area contributed by atoms with E-state index in [1.54, 1.807) is 18.3 Å². The Labute approximate surface area is 215 Å². The molecule has 1 heterocycles. The van der Waals surface area contributed by atoms with Gasteiger partial charge in [-0.25, -0.2) is 0 Å². The maximum Gasteiger partial charge on any atom is 0.303 e. The molecule has 3 aromatic carbocycles. The summed E-state index contributed by atoms with van der Waals surface area (Å²) in [6.07, 6.45) is 1.44. The first-order valence-corrected chi connectivity index (χ1v) is 12.0. The molecule has 4 aromatic rings. The fourth-order valence-corrected chi connectivity index (χ4v) is 3.91. The van der Waals surface area contributed by atoms with E-state index in [0.717, 1.165) is 27.9 Å². The van der Waals surface area contributed by atoms with E-state index in [9.17, 15) is 14.4 Å². The summed E-state index contributed by atoms with van der Waals surface area (Å²) in [5, 5.41) is 14.6. The summed E-state index contributed by atoms with van der Waals surface area (Å²) in [6, 6.07) is 29.1. The molecule has 37 heavy (non-hydrogen) atoms. The van der Waals surface area contributed by atoms with Gasteiger partial charge in [0.05, 0.1) is 5.69 Å². The summed E-state index contributed by atoms with van der Waals surface area (Å²) < 4.78 is 0. The first-order chi connectivity index (χ1) is 18.0. The van der Waals surface area contributed by atoms with E-state index in [1.807, 2.05) is 84.9 Å². The van der Waals surface area contributed by atoms with Gasteiger partial charge in [0.25, 0.3) is 5.91 Å². The summed E-state index contributed by atoms with van der Waals surface area (Å²) >= 11 is 0. The average Bonchev–Trinajstić information content (AvgIpc) is 2.95. The minimum atomic E-state index is -1.04. The van der Waals surface area contributed by atoms with Gasteiger partial charge in [-0.1, -0.05) is 66.7 Å². The molecule has 3 N–H and O–H groups in total. The van der Waals surface area contributed by atoms with Crippen LogP contribution in [0.2, 0.25) is 0 Å². The minimum Gasteiger partial charge on any atom is -0.481 e. The summed E-state index contributed by atoms with van der Waals surface area (Å²) in [5.74, 6) is -1.93. The molecule has 0 saturated heterocycles. The molecule has 0 aliphatic carbocycles. The maximum absolute atomic E-state index is 13.0. The number of benzene rings is 3. The zero-order valence-corrected chi connectivity index (χ0v) is 20.1. The lowest BCUT2D eigenvalue weighted by molar-refractivity contribution is -0.137. The van der Waals surface area contributed by atoms with E-state index in [-0.39, 0.29) is 19.4 Å². The Bertz CT molecular complexity index is 1360. The number of rotatable bonds is 10. The Balaban J connectivity index is 1.41. The van der Waals surface area contributed by atoms with Crippen LogP contribution in [0.3, 0.4) is 0 Å². The molecule has 7 heteroatoms. The first kappa shape index (κ1) is 25.3. The number of aromatic nitrogens is 1. The van der Waals surface area contributed by atoms with Gasteiger partial charge in [0.15, 0.2) is 0 Å². The topological polar surface area (TPSA) is 108 Å². The average molecular weight is 494 g/mol. The molecular formula is C30H27N3O4. The van der Waals surface area contributed by atoms with E-state index in [1.165, 1.54) is 0 Å². The minimum absolute atomic E-state index is 0.0248. The molecule has 1 atom stereocenters. The van der Waals surface area contributed by atoms with Crippen molar-refractivity contribution in [2.24, 2.45) is 0 Å². The Morgan fingerprint density at radius 2 is 1.49 bits per heavy atom. The molecule has 0 aliphatic rings. The molecule has 186 valence electrons. The number of hydrogen-bond acceptors (Lipinski definition) is 4. The van der Waals surface area contributed by atoms with Crippen LogP contribution in [0.5, 0.6) is 0 Å². The van der Waals surface area contributed by atoms with Crippen LogP contribution < -0.4 is 10.6 Å². The van der Waals surface area contributed by atoms with Gasteiger partial charge in [-0.3, -0.25) is 19.4 Å². The molecule has 0 bridgehead atoms. The number of aliphatic carboxylic acids is 1. The van der Waals surface area contributed by atoms with Gasteiger partial charge in [-0.15, -0.1) is 0 Å². The highest BCUT2D eigenvalue weighted by Crippen LogP contribution is 2.20. The molecule has 0 fully saturated rings. The molecule has 2 amide bonds. The Morgan fingerprint density at radius 1 is 0.784 bits per heavy atom.